The Kier molecular flexibility index (Phi) is 6.44. The molecular formula is C20H26O2SSi. The summed E-state index contributed by atoms with van der Waals surface area (Å²) >= 11 is 1.23. The molecule has 2 nitrogen and oxygen atoms in total. The Labute approximate surface area is 150 Å². The first kappa shape index (κ1) is 19.0. The van der Waals surface area contributed by atoms with Crippen molar-refractivity contribution in [2.24, 2.45) is 5.92 Å². The van der Waals surface area contributed by atoms with Gasteiger partial charge < -0.3 is 5.11 Å². The molecule has 0 spiro atoms. The maximum atomic E-state index is 12.7. The molecule has 1 N–H and O–H groups in total. The minimum atomic E-state index is -1.59. The summed E-state index contributed by atoms with van der Waals surface area (Å²) < 4.78 is 0. The molecule has 0 radical (unpaired) electrons. The molecule has 0 fully saturated rings. The summed E-state index contributed by atoms with van der Waals surface area (Å²) in [5, 5.41) is 12.2. The smallest absolute Gasteiger partial charge is 0.199 e. The number of benzene rings is 2. The average molecular weight is 359 g/mol. The highest BCUT2D eigenvalue weighted by molar-refractivity contribution is 8.13. The zero-order chi connectivity index (χ0) is 17.7. The Morgan fingerprint density at radius 2 is 1.62 bits per heavy atom. The molecule has 0 unspecified atom stereocenters. The van der Waals surface area contributed by atoms with Crippen LogP contribution in [0.2, 0.25) is 19.6 Å². The van der Waals surface area contributed by atoms with Gasteiger partial charge in [-0.15, -0.1) is 0 Å². The zero-order valence-electron chi connectivity index (χ0n) is 14.8. The molecule has 0 saturated carbocycles. The first-order chi connectivity index (χ1) is 11.3. The summed E-state index contributed by atoms with van der Waals surface area (Å²) in [4.78, 5) is 13.7. The summed E-state index contributed by atoms with van der Waals surface area (Å²) in [6.07, 6.45) is -0.124. The van der Waals surface area contributed by atoms with Crippen LogP contribution in [0, 0.1) is 5.92 Å². The summed E-state index contributed by atoms with van der Waals surface area (Å²) in [6, 6.07) is 17.7. The van der Waals surface area contributed by atoms with Gasteiger partial charge in [0.05, 0.1) is 20.1 Å². The third-order valence-electron chi connectivity index (χ3n) is 4.17. The molecule has 2 rings (SSSR count). The van der Waals surface area contributed by atoms with Crippen molar-refractivity contribution in [3.8, 4) is 0 Å². The van der Waals surface area contributed by atoms with Gasteiger partial charge in [0, 0.05) is 4.90 Å². The maximum Gasteiger partial charge on any atom is 0.199 e. The predicted molar refractivity (Wildman–Crippen MR) is 105 cm³/mol. The SMILES string of the molecule is CC[C@@H](C(=O)Sc1ccccc1)[C@H](O)c1ccccc1[Si](C)(C)C. The Morgan fingerprint density at radius 3 is 2.21 bits per heavy atom. The average Bonchev–Trinajstić information content (AvgIpc) is 2.55. The highest BCUT2D eigenvalue weighted by atomic mass is 32.2. The largest absolute Gasteiger partial charge is 0.388 e. The first-order valence-corrected chi connectivity index (χ1v) is 12.7. The fourth-order valence-corrected chi connectivity index (χ4v) is 5.52. The van der Waals surface area contributed by atoms with Gasteiger partial charge >= 0.3 is 0 Å². The van der Waals surface area contributed by atoms with E-state index in [9.17, 15) is 9.90 Å². The second kappa shape index (κ2) is 8.14. The number of carbonyl (C=O) groups is 1. The lowest BCUT2D eigenvalue weighted by atomic mass is 9.94. The van der Waals surface area contributed by atoms with Crippen molar-refractivity contribution >= 4 is 30.1 Å². The van der Waals surface area contributed by atoms with Gasteiger partial charge in [0.15, 0.2) is 5.12 Å². The van der Waals surface area contributed by atoms with Gasteiger partial charge in [0.2, 0.25) is 0 Å². The lowest BCUT2D eigenvalue weighted by Crippen LogP contribution is -2.41. The monoisotopic (exact) mass is 358 g/mol. The number of aliphatic hydroxyl groups is 1. The van der Waals surface area contributed by atoms with Gasteiger partial charge in [0.1, 0.15) is 0 Å². The summed E-state index contributed by atoms with van der Waals surface area (Å²) in [5.74, 6) is -0.396. The van der Waals surface area contributed by atoms with E-state index in [-0.39, 0.29) is 5.12 Å². The molecule has 0 saturated heterocycles. The molecule has 0 aliphatic carbocycles. The Morgan fingerprint density at radius 1 is 1.04 bits per heavy atom. The van der Waals surface area contributed by atoms with Crippen molar-refractivity contribution in [2.75, 3.05) is 0 Å². The van der Waals surface area contributed by atoms with E-state index >= 15 is 0 Å². The van der Waals surface area contributed by atoms with Crippen molar-refractivity contribution < 1.29 is 9.90 Å². The Bertz CT molecular complexity index is 680. The standard InChI is InChI=1S/C20H26O2SSi/c1-5-16(20(22)23-15-11-7-6-8-12-15)19(21)17-13-9-10-14-18(17)24(2,3)4/h6-14,16,19,21H,5H2,1-4H3/t16-,19+/m1/s1. The molecule has 0 bridgehead atoms. The molecule has 2 aromatic rings. The van der Waals surface area contributed by atoms with Gasteiger partial charge in [0.25, 0.3) is 0 Å². The van der Waals surface area contributed by atoms with Crippen molar-refractivity contribution in [2.45, 2.75) is 44.0 Å². The van der Waals surface area contributed by atoms with Crippen LogP contribution in [0.25, 0.3) is 0 Å². The predicted octanol–water partition coefficient (Wildman–Crippen LogP) is 4.61. The van der Waals surface area contributed by atoms with E-state index in [0.717, 1.165) is 10.5 Å². The van der Waals surface area contributed by atoms with Crippen LogP contribution in [0.3, 0.4) is 0 Å². The Balaban J connectivity index is 2.26. The number of aliphatic hydroxyl groups excluding tert-OH is 1. The summed E-state index contributed by atoms with van der Waals surface area (Å²) in [5.41, 5.74) is 0.922. The minimum absolute atomic E-state index is 0.0292. The summed E-state index contributed by atoms with van der Waals surface area (Å²) in [6.45, 7) is 8.76. The number of hydrogen-bond acceptors (Lipinski definition) is 3. The van der Waals surface area contributed by atoms with Crippen molar-refractivity contribution in [3.05, 3.63) is 60.2 Å². The molecule has 0 aromatic heterocycles. The lowest BCUT2D eigenvalue weighted by molar-refractivity contribution is -0.117. The molecule has 2 atom stereocenters. The normalized spacial score (nSPS) is 14.2. The van der Waals surface area contributed by atoms with Crippen molar-refractivity contribution in [1.29, 1.82) is 0 Å². The highest BCUT2D eigenvalue weighted by Gasteiger charge is 2.31. The third kappa shape index (κ3) is 4.59. The fraction of sp³-hybridized carbons (Fsp3) is 0.350. The van der Waals surface area contributed by atoms with E-state index in [0.29, 0.717) is 6.42 Å². The minimum Gasteiger partial charge on any atom is -0.388 e. The number of thioether (sulfide) groups is 1. The van der Waals surface area contributed by atoms with E-state index in [1.807, 2.05) is 55.5 Å². The van der Waals surface area contributed by atoms with Crippen molar-refractivity contribution in [3.63, 3.8) is 0 Å². The molecule has 0 aliphatic rings. The van der Waals surface area contributed by atoms with E-state index in [1.54, 1.807) is 0 Å². The second-order valence-corrected chi connectivity index (χ2v) is 13.1. The molecule has 24 heavy (non-hydrogen) atoms. The van der Waals surface area contributed by atoms with Crippen LogP contribution in [0.15, 0.2) is 59.5 Å². The van der Waals surface area contributed by atoms with Crippen LogP contribution in [-0.2, 0) is 4.79 Å². The maximum absolute atomic E-state index is 12.7. The van der Waals surface area contributed by atoms with Gasteiger partial charge in [-0.3, -0.25) is 4.79 Å². The molecule has 0 aliphatic heterocycles. The second-order valence-electron chi connectivity index (χ2n) is 7.03. The van der Waals surface area contributed by atoms with Crippen LogP contribution < -0.4 is 5.19 Å². The van der Waals surface area contributed by atoms with Crippen LogP contribution >= 0.6 is 11.8 Å². The van der Waals surface area contributed by atoms with E-state index in [4.69, 9.17) is 0 Å². The van der Waals surface area contributed by atoms with E-state index < -0.39 is 20.1 Å². The number of carbonyl (C=O) groups excluding carboxylic acids is 1. The van der Waals surface area contributed by atoms with Crippen LogP contribution in [-0.4, -0.2) is 18.3 Å². The quantitative estimate of drug-likeness (QED) is 0.605. The highest BCUT2D eigenvalue weighted by Crippen LogP contribution is 2.32. The van der Waals surface area contributed by atoms with Gasteiger partial charge in [-0.05, 0) is 24.1 Å². The first-order valence-electron chi connectivity index (χ1n) is 8.38. The molecule has 128 valence electrons. The van der Waals surface area contributed by atoms with Crippen LogP contribution in [0.1, 0.15) is 25.0 Å². The zero-order valence-corrected chi connectivity index (χ0v) is 16.6. The molecule has 0 amide bonds. The van der Waals surface area contributed by atoms with Gasteiger partial charge in [-0.1, -0.05) is 86.0 Å². The molecule has 4 heteroatoms. The number of hydrogen-bond donors (Lipinski definition) is 1. The van der Waals surface area contributed by atoms with Gasteiger partial charge in [-0.2, -0.15) is 0 Å². The topological polar surface area (TPSA) is 37.3 Å². The van der Waals surface area contributed by atoms with Crippen molar-refractivity contribution in [1.82, 2.24) is 0 Å². The molecule has 0 heterocycles. The number of rotatable bonds is 6. The molecule has 2 aromatic carbocycles. The van der Waals surface area contributed by atoms with Crippen LogP contribution in [0.5, 0.6) is 0 Å². The van der Waals surface area contributed by atoms with E-state index in [2.05, 4.69) is 25.7 Å². The third-order valence-corrected chi connectivity index (χ3v) is 7.26. The lowest BCUT2D eigenvalue weighted by Gasteiger charge is -2.27. The van der Waals surface area contributed by atoms with Gasteiger partial charge in [-0.25, -0.2) is 0 Å². The Hall–Kier alpha value is -1.36. The fourth-order valence-electron chi connectivity index (χ4n) is 2.85. The van der Waals surface area contributed by atoms with Crippen LogP contribution in [0.4, 0.5) is 0 Å². The summed E-state index contributed by atoms with van der Waals surface area (Å²) in [7, 11) is -1.59. The molecular weight excluding hydrogens is 332 g/mol. The van der Waals surface area contributed by atoms with E-state index in [1.165, 1.54) is 16.9 Å².